The molecule has 0 N–H and O–H groups in total. The van der Waals surface area contributed by atoms with Crippen molar-refractivity contribution in [1.82, 2.24) is 24.7 Å². The molecule has 4 rings (SSSR count). The Balaban J connectivity index is 1.74. The number of fused-ring (bicyclic) bond motifs is 1. The second-order valence-corrected chi connectivity index (χ2v) is 6.00. The molecule has 6 nitrogen and oxygen atoms in total. The summed E-state index contributed by atoms with van der Waals surface area (Å²) in [5.41, 5.74) is 2.08. The summed E-state index contributed by atoms with van der Waals surface area (Å²) in [6.07, 6.45) is 3.10. The summed E-state index contributed by atoms with van der Waals surface area (Å²) in [6, 6.07) is 7.13. The lowest BCUT2D eigenvalue weighted by atomic mass is 10.1. The molecule has 3 aromatic heterocycles. The predicted molar refractivity (Wildman–Crippen MR) is 93.7 cm³/mol. The Bertz CT molecular complexity index is 1210. The van der Waals surface area contributed by atoms with Crippen molar-refractivity contribution >= 4 is 11.2 Å². The van der Waals surface area contributed by atoms with Gasteiger partial charge in [-0.15, -0.1) is 0 Å². The van der Waals surface area contributed by atoms with Crippen LogP contribution in [0.5, 0.6) is 0 Å². The average molecular weight is 380 g/mol. The first-order valence-corrected chi connectivity index (χ1v) is 8.15. The van der Waals surface area contributed by atoms with Crippen LogP contribution >= 0.6 is 0 Å². The van der Waals surface area contributed by atoms with Crippen LogP contribution in [0, 0.1) is 17.1 Å². The number of aromatic nitrogens is 5. The third-order valence-corrected chi connectivity index (χ3v) is 4.13. The first kappa shape index (κ1) is 17.6. The molecular weight excluding hydrogens is 369 g/mol. The Kier molecular flexibility index (Phi) is 4.45. The van der Waals surface area contributed by atoms with Crippen molar-refractivity contribution in [2.24, 2.45) is 0 Å². The van der Waals surface area contributed by atoms with E-state index in [1.54, 1.807) is 16.9 Å². The van der Waals surface area contributed by atoms with Crippen molar-refractivity contribution in [3.8, 4) is 17.3 Å². The molecular formula is C19H11F3N6. The van der Waals surface area contributed by atoms with Crippen LogP contribution in [0.15, 0.2) is 49.1 Å². The minimum atomic E-state index is -2.93. The van der Waals surface area contributed by atoms with E-state index in [1.807, 2.05) is 6.07 Å². The van der Waals surface area contributed by atoms with Gasteiger partial charge in [-0.25, -0.2) is 27.8 Å². The molecule has 1 aromatic carbocycles. The van der Waals surface area contributed by atoms with Crippen molar-refractivity contribution in [3.63, 3.8) is 0 Å². The van der Waals surface area contributed by atoms with Gasteiger partial charge in [0, 0.05) is 18.0 Å². The highest BCUT2D eigenvalue weighted by Crippen LogP contribution is 2.27. The monoisotopic (exact) mass is 380 g/mol. The Hall–Kier alpha value is -3.80. The minimum absolute atomic E-state index is 0.301. The van der Waals surface area contributed by atoms with Gasteiger partial charge in [-0.3, -0.25) is 4.98 Å². The zero-order chi connectivity index (χ0) is 19.7. The first-order valence-electron chi connectivity index (χ1n) is 8.15. The predicted octanol–water partition coefficient (Wildman–Crippen LogP) is 3.88. The highest BCUT2D eigenvalue weighted by Gasteiger charge is 2.16. The smallest absolute Gasteiger partial charge is 0.263 e. The topological polar surface area (TPSA) is 80.3 Å². The zero-order valence-electron chi connectivity index (χ0n) is 14.2. The molecule has 3 heterocycles. The van der Waals surface area contributed by atoms with Gasteiger partial charge in [0.25, 0.3) is 6.43 Å². The van der Waals surface area contributed by atoms with Crippen molar-refractivity contribution in [3.05, 3.63) is 71.6 Å². The summed E-state index contributed by atoms with van der Waals surface area (Å²) in [5, 5.41) is 13.2. The summed E-state index contributed by atoms with van der Waals surface area (Å²) in [4.78, 5) is 12.7. The highest BCUT2D eigenvalue weighted by molar-refractivity contribution is 5.73. The molecule has 0 aliphatic carbocycles. The summed E-state index contributed by atoms with van der Waals surface area (Å²) >= 11 is 0. The molecule has 0 fully saturated rings. The number of alkyl halides is 2. The molecule has 0 aliphatic rings. The number of rotatable bonds is 4. The molecule has 0 spiro atoms. The van der Waals surface area contributed by atoms with Crippen LogP contribution in [0.4, 0.5) is 13.2 Å². The Morgan fingerprint density at radius 1 is 1.11 bits per heavy atom. The van der Waals surface area contributed by atoms with Gasteiger partial charge in [0.05, 0.1) is 35.8 Å². The van der Waals surface area contributed by atoms with Crippen LogP contribution in [0.1, 0.15) is 23.1 Å². The van der Waals surface area contributed by atoms with E-state index in [0.717, 1.165) is 17.7 Å². The Morgan fingerprint density at radius 3 is 2.75 bits per heavy atom. The molecule has 4 aromatic rings. The van der Waals surface area contributed by atoms with Crippen LogP contribution in [-0.4, -0.2) is 24.7 Å². The van der Waals surface area contributed by atoms with Gasteiger partial charge in [0.1, 0.15) is 17.4 Å². The van der Waals surface area contributed by atoms with E-state index < -0.39 is 17.8 Å². The van der Waals surface area contributed by atoms with Crippen LogP contribution in [-0.2, 0) is 6.54 Å². The summed E-state index contributed by atoms with van der Waals surface area (Å²) < 4.78 is 41.1. The fourth-order valence-corrected chi connectivity index (χ4v) is 2.78. The van der Waals surface area contributed by atoms with E-state index in [1.165, 1.54) is 24.7 Å². The van der Waals surface area contributed by atoms with Crippen molar-refractivity contribution < 1.29 is 13.2 Å². The second kappa shape index (κ2) is 7.08. The van der Waals surface area contributed by atoms with Crippen LogP contribution in [0.2, 0.25) is 0 Å². The maximum Gasteiger partial charge on any atom is 0.266 e. The number of benzene rings is 1. The van der Waals surface area contributed by atoms with E-state index in [2.05, 4.69) is 20.1 Å². The van der Waals surface area contributed by atoms with Crippen LogP contribution in [0.3, 0.4) is 0 Å². The highest BCUT2D eigenvalue weighted by atomic mass is 19.3. The summed E-state index contributed by atoms with van der Waals surface area (Å²) in [6.45, 7) is 0.301. The second-order valence-electron chi connectivity index (χ2n) is 6.00. The van der Waals surface area contributed by atoms with Gasteiger partial charge in [0.15, 0.2) is 5.65 Å². The lowest BCUT2D eigenvalue weighted by Gasteiger charge is -2.07. The molecule has 0 amide bonds. The van der Waals surface area contributed by atoms with Crippen molar-refractivity contribution in [2.45, 2.75) is 13.0 Å². The molecule has 0 saturated carbocycles. The van der Waals surface area contributed by atoms with Gasteiger partial charge in [0.2, 0.25) is 0 Å². The van der Waals surface area contributed by atoms with Gasteiger partial charge < -0.3 is 0 Å². The third-order valence-electron chi connectivity index (χ3n) is 4.13. The fourth-order valence-electron chi connectivity index (χ4n) is 2.78. The number of hydrogen-bond donors (Lipinski definition) is 0. The van der Waals surface area contributed by atoms with Crippen LogP contribution in [0.25, 0.3) is 22.4 Å². The van der Waals surface area contributed by atoms with E-state index in [-0.39, 0.29) is 0 Å². The third kappa shape index (κ3) is 3.27. The van der Waals surface area contributed by atoms with Crippen molar-refractivity contribution in [1.29, 1.82) is 5.26 Å². The standard InChI is InChI=1S/C19H11F3N6/c20-15-2-1-13(4-14(15)18(21)22)16-8-25-17-9-26-28(19(17)27-16)10-12-3-11(5-23)6-24-7-12/h1-4,6-9,18H,10H2. The Labute approximate surface area is 156 Å². The molecule has 138 valence electrons. The minimum Gasteiger partial charge on any atom is -0.263 e. The lowest BCUT2D eigenvalue weighted by Crippen LogP contribution is -2.04. The molecule has 0 aliphatic heterocycles. The fraction of sp³-hybridized carbons (Fsp3) is 0.105. The molecule has 0 bridgehead atoms. The quantitative estimate of drug-likeness (QED) is 0.537. The van der Waals surface area contributed by atoms with Crippen molar-refractivity contribution in [2.75, 3.05) is 0 Å². The number of nitrogens with zero attached hydrogens (tertiary/aromatic N) is 6. The number of pyridine rings is 1. The zero-order valence-corrected chi connectivity index (χ0v) is 14.2. The number of halogens is 3. The lowest BCUT2D eigenvalue weighted by molar-refractivity contribution is 0.146. The van der Waals surface area contributed by atoms with Gasteiger partial charge in [-0.05, 0) is 29.8 Å². The molecule has 0 unspecified atom stereocenters. The van der Waals surface area contributed by atoms with Crippen LogP contribution < -0.4 is 0 Å². The van der Waals surface area contributed by atoms with E-state index >= 15 is 0 Å². The average Bonchev–Trinajstić information content (AvgIpc) is 3.10. The van der Waals surface area contributed by atoms with Gasteiger partial charge in [-0.1, -0.05) is 0 Å². The van der Waals surface area contributed by atoms with E-state index in [9.17, 15) is 13.2 Å². The maximum atomic E-state index is 13.5. The molecule has 0 radical (unpaired) electrons. The first-order chi connectivity index (χ1) is 13.5. The van der Waals surface area contributed by atoms with E-state index in [4.69, 9.17) is 5.26 Å². The number of nitriles is 1. The molecule has 0 saturated heterocycles. The molecule has 9 heteroatoms. The van der Waals surface area contributed by atoms with Gasteiger partial charge >= 0.3 is 0 Å². The SMILES string of the molecule is N#Cc1cncc(Cn2ncc3ncc(-c4ccc(F)c(C(F)F)c4)nc32)c1. The summed E-state index contributed by atoms with van der Waals surface area (Å²) in [7, 11) is 0. The molecule has 0 atom stereocenters. The summed E-state index contributed by atoms with van der Waals surface area (Å²) in [5.74, 6) is -0.970. The number of hydrogen-bond acceptors (Lipinski definition) is 5. The maximum absolute atomic E-state index is 13.5. The molecule has 28 heavy (non-hydrogen) atoms. The normalized spacial score (nSPS) is 11.1. The van der Waals surface area contributed by atoms with E-state index in [0.29, 0.717) is 34.5 Å². The largest absolute Gasteiger partial charge is 0.266 e. The Morgan fingerprint density at radius 2 is 1.96 bits per heavy atom. The van der Waals surface area contributed by atoms with Gasteiger partial charge in [-0.2, -0.15) is 10.4 Å².